The predicted octanol–water partition coefficient (Wildman–Crippen LogP) is 6.15. The summed E-state index contributed by atoms with van der Waals surface area (Å²) in [5.74, 6) is 0. The fourth-order valence-electron chi connectivity index (χ4n) is 2.90. The van der Waals surface area contributed by atoms with Crippen molar-refractivity contribution < 1.29 is 4.84 Å². The van der Waals surface area contributed by atoms with Gasteiger partial charge in [-0.2, -0.15) is 0 Å². The maximum atomic E-state index is 4.63. The minimum absolute atomic E-state index is 0.301. The molecule has 0 saturated carbocycles. The van der Waals surface area contributed by atoms with Gasteiger partial charge in [0.25, 0.3) is 0 Å². The first-order chi connectivity index (χ1) is 10.9. The first-order valence-corrected chi connectivity index (χ1v) is 8.33. The van der Waals surface area contributed by atoms with Crippen LogP contribution in [0, 0.1) is 5.41 Å². The van der Waals surface area contributed by atoms with Gasteiger partial charge in [0, 0.05) is 0 Å². The van der Waals surface area contributed by atoms with E-state index in [1.807, 2.05) is 13.0 Å². The van der Waals surface area contributed by atoms with Gasteiger partial charge in [-0.05, 0) is 62.7 Å². The van der Waals surface area contributed by atoms with Crippen LogP contribution in [0.2, 0.25) is 0 Å². The van der Waals surface area contributed by atoms with Gasteiger partial charge in [-0.25, -0.2) is 0 Å². The second-order valence-electron chi connectivity index (χ2n) is 6.88. The van der Waals surface area contributed by atoms with Crippen molar-refractivity contribution in [3.05, 3.63) is 58.7 Å². The second-order valence-corrected chi connectivity index (χ2v) is 6.88. The van der Waals surface area contributed by atoms with E-state index in [1.165, 1.54) is 36.0 Å². The largest absolute Gasteiger partial charge is 0.399 e. The third kappa shape index (κ3) is 6.85. The lowest BCUT2D eigenvalue weighted by Crippen LogP contribution is -2.19. The van der Waals surface area contributed by atoms with Crippen molar-refractivity contribution in [3.63, 3.8) is 0 Å². The van der Waals surface area contributed by atoms with Crippen molar-refractivity contribution in [3.8, 4) is 0 Å². The Morgan fingerprint density at radius 3 is 2.48 bits per heavy atom. The molecule has 2 nitrogen and oxygen atoms in total. The van der Waals surface area contributed by atoms with Crippen LogP contribution in [0.3, 0.4) is 0 Å². The molecule has 1 aliphatic carbocycles. The van der Waals surface area contributed by atoms with E-state index >= 15 is 0 Å². The van der Waals surface area contributed by atoms with Gasteiger partial charge in [-0.15, -0.1) is 0 Å². The summed E-state index contributed by atoms with van der Waals surface area (Å²) in [5.41, 5.74) is 5.73. The Morgan fingerprint density at radius 2 is 1.83 bits per heavy atom. The molecule has 0 amide bonds. The summed E-state index contributed by atoms with van der Waals surface area (Å²) < 4.78 is 0. The Hall–Kier alpha value is -1.83. The molecule has 0 N–H and O–H groups in total. The first-order valence-electron chi connectivity index (χ1n) is 8.33. The average Bonchev–Trinajstić information content (AvgIpc) is 2.46. The lowest BCUT2D eigenvalue weighted by Gasteiger charge is -2.32. The van der Waals surface area contributed by atoms with E-state index in [-0.39, 0.29) is 0 Å². The number of hydrogen-bond donors (Lipinski definition) is 0. The van der Waals surface area contributed by atoms with Crippen molar-refractivity contribution in [2.24, 2.45) is 10.6 Å². The lowest BCUT2D eigenvalue weighted by molar-refractivity contribution is 0.215. The van der Waals surface area contributed by atoms with Crippen molar-refractivity contribution in [2.75, 3.05) is 7.11 Å². The zero-order valence-electron chi connectivity index (χ0n) is 15.5. The van der Waals surface area contributed by atoms with Crippen LogP contribution in [0.25, 0.3) is 0 Å². The number of nitrogens with zero attached hydrogens (tertiary/aromatic N) is 1. The Bertz CT molecular complexity index is 569. The van der Waals surface area contributed by atoms with Crippen LogP contribution in [0.5, 0.6) is 0 Å². The number of hydrogen-bond acceptors (Lipinski definition) is 2. The molecule has 0 bridgehead atoms. The van der Waals surface area contributed by atoms with E-state index in [0.717, 1.165) is 5.57 Å². The van der Waals surface area contributed by atoms with E-state index in [4.69, 9.17) is 0 Å². The molecule has 0 unspecified atom stereocenters. The van der Waals surface area contributed by atoms with Gasteiger partial charge in [-0.1, -0.05) is 60.5 Å². The van der Waals surface area contributed by atoms with Crippen LogP contribution >= 0.6 is 0 Å². The number of oxime groups is 1. The maximum absolute atomic E-state index is 4.63. The minimum atomic E-state index is 0.301. The van der Waals surface area contributed by atoms with Gasteiger partial charge >= 0.3 is 0 Å². The van der Waals surface area contributed by atoms with Crippen LogP contribution < -0.4 is 0 Å². The average molecular weight is 313 g/mol. The Balaban J connectivity index is 2.73. The molecular formula is C21H31NO. The quantitative estimate of drug-likeness (QED) is 0.327. The highest BCUT2D eigenvalue weighted by Gasteiger charge is 2.26. The summed E-state index contributed by atoms with van der Waals surface area (Å²) in [5, 5.41) is 3.69. The molecule has 2 heteroatoms. The van der Waals surface area contributed by atoms with Crippen LogP contribution in [0.15, 0.2) is 63.9 Å². The van der Waals surface area contributed by atoms with Gasteiger partial charge < -0.3 is 4.84 Å². The van der Waals surface area contributed by atoms with Crippen LogP contribution in [-0.2, 0) is 4.84 Å². The predicted molar refractivity (Wildman–Crippen MR) is 102 cm³/mol. The van der Waals surface area contributed by atoms with Gasteiger partial charge in [0.05, 0.1) is 6.21 Å². The Kier molecular flexibility index (Phi) is 7.80. The zero-order valence-corrected chi connectivity index (χ0v) is 15.5. The van der Waals surface area contributed by atoms with Gasteiger partial charge in [0.1, 0.15) is 7.11 Å². The molecule has 126 valence electrons. The summed E-state index contributed by atoms with van der Waals surface area (Å²) in [6.07, 6.45) is 18.2. The molecule has 0 aliphatic heterocycles. The summed E-state index contributed by atoms with van der Waals surface area (Å²) in [6.45, 7) is 11.1. The van der Waals surface area contributed by atoms with Gasteiger partial charge in [0.2, 0.25) is 0 Å². The highest BCUT2D eigenvalue weighted by molar-refractivity contribution is 5.72. The van der Waals surface area contributed by atoms with Crippen molar-refractivity contribution in [2.45, 2.75) is 53.9 Å². The van der Waals surface area contributed by atoms with E-state index in [2.05, 4.69) is 68.1 Å². The molecule has 1 rings (SSSR count). The molecule has 0 heterocycles. The molecule has 23 heavy (non-hydrogen) atoms. The second kappa shape index (κ2) is 9.34. The molecule has 0 aromatic heterocycles. The van der Waals surface area contributed by atoms with Crippen LogP contribution in [-0.4, -0.2) is 13.3 Å². The van der Waals surface area contributed by atoms with Crippen molar-refractivity contribution >= 4 is 6.21 Å². The highest BCUT2D eigenvalue weighted by Crippen LogP contribution is 2.40. The fourth-order valence-corrected chi connectivity index (χ4v) is 2.90. The summed E-state index contributed by atoms with van der Waals surface area (Å²) in [7, 11) is 1.54. The molecule has 0 atom stereocenters. The maximum Gasteiger partial charge on any atom is 0.106 e. The van der Waals surface area contributed by atoms with Crippen molar-refractivity contribution in [1.29, 1.82) is 0 Å². The molecule has 1 aliphatic rings. The van der Waals surface area contributed by atoms with Crippen LogP contribution in [0.1, 0.15) is 53.9 Å². The number of allylic oxidation sites excluding steroid dienone is 10. The fraction of sp³-hybridized carbons (Fsp3) is 0.476. The van der Waals surface area contributed by atoms with Crippen molar-refractivity contribution in [1.82, 2.24) is 0 Å². The first kappa shape index (κ1) is 19.2. The number of rotatable bonds is 6. The third-order valence-electron chi connectivity index (χ3n) is 4.28. The lowest BCUT2D eigenvalue weighted by atomic mass is 9.72. The third-order valence-corrected chi connectivity index (χ3v) is 4.28. The van der Waals surface area contributed by atoms with E-state index in [1.54, 1.807) is 13.3 Å². The molecule has 0 aromatic carbocycles. The monoisotopic (exact) mass is 313 g/mol. The van der Waals surface area contributed by atoms with Gasteiger partial charge in [-0.3, -0.25) is 0 Å². The Labute approximate surface area is 142 Å². The normalized spacial score (nSPS) is 20.3. The summed E-state index contributed by atoms with van der Waals surface area (Å²) in [6, 6.07) is 0. The molecule has 0 spiro atoms. The van der Waals surface area contributed by atoms with E-state index < -0.39 is 0 Å². The standard InChI is InChI=1S/C21H31NO/c1-17(9-7-10-18(2)14-16-22-23-6)12-13-20-19(3)11-8-15-21(20,4)5/h7,9-10,12-14,16H,8,11,15H2,1-6H3/b10-7+,13-12+,17-9+,18-14+,22-16+. The summed E-state index contributed by atoms with van der Waals surface area (Å²) in [4.78, 5) is 4.63. The topological polar surface area (TPSA) is 21.6 Å². The Morgan fingerprint density at radius 1 is 1.13 bits per heavy atom. The van der Waals surface area contributed by atoms with Crippen LogP contribution in [0.4, 0.5) is 0 Å². The molecule has 0 radical (unpaired) electrons. The molecule has 0 aromatic rings. The zero-order chi connectivity index (χ0) is 17.3. The molecule has 0 fully saturated rings. The molecule has 0 saturated heterocycles. The van der Waals surface area contributed by atoms with E-state index in [9.17, 15) is 0 Å². The summed E-state index contributed by atoms with van der Waals surface area (Å²) >= 11 is 0. The van der Waals surface area contributed by atoms with E-state index in [0.29, 0.717) is 5.41 Å². The minimum Gasteiger partial charge on any atom is -0.399 e. The van der Waals surface area contributed by atoms with Gasteiger partial charge in [0.15, 0.2) is 0 Å². The SMILES string of the molecule is CO/N=C/C=C(C)/C=C/C=C(C)/C=C/C1=C(C)CCCC1(C)C. The smallest absolute Gasteiger partial charge is 0.106 e. The molecular weight excluding hydrogens is 282 g/mol. The highest BCUT2D eigenvalue weighted by atomic mass is 16.6.